The molecule has 0 aliphatic carbocycles. The monoisotopic (exact) mass is 295 g/mol. The molecule has 22 heavy (non-hydrogen) atoms. The van der Waals surface area contributed by atoms with Crippen LogP contribution in [0.2, 0.25) is 0 Å². The molecule has 0 aromatic heterocycles. The minimum absolute atomic E-state index is 0.0509. The molecule has 2 aromatic rings. The van der Waals surface area contributed by atoms with Crippen LogP contribution in [-0.4, -0.2) is 18.8 Å². The van der Waals surface area contributed by atoms with Gasteiger partial charge in [-0.25, -0.2) is 5.06 Å². The van der Waals surface area contributed by atoms with E-state index in [0.717, 1.165) is 12.3 Å². The van der Waals surface area contributed by atoms with Gasteiger partial charge in [0, 0.05) is 5.92 Å². The van der Waals surface area contributed by atoms with Gasteiger partial charge in [-0.3, -0.25) is 4.84 Å². The number of anilines is 1. The molecule has 0 spiro atoms. The highest BCUT2D eigenvalue weighted by Gasteiger charge is 2.56. The van der Waals surface area contributed by atoms with Crippen molar-refractivity contribution in [2.24, 2.45) is 5.92 Å². The van der Waals surface area contributed by atoms with Crippen molar-refractivity contribution in [3.63, 3.8) is 0 Å². The molecule has 3 nitrogen and oxygen atoms in total. The summed E-state index contributed by atoms with van der Waals surface area (Å²) in [6.07, 6.45) is 0.0509. The summed E-state index contributed by atoms with van der Waals surface area (Å²) < 4.78 is 5.82. The van der Waals surface area contributed by atoms with Crippen molar-refractivity contribution in [2.45, 2.75) is 25.5 Å². The standard InChI is InChI=1S/C19H21NO2/c1-14-8-10-16(11-9-14)20-19(2)13-21-12-17(19)18(22-20)15-6-4-3-5-7-15/h3-11,17-18H,12-13H2,1-2H3/t17-,18-,19-/m1/s1. The summed E-state index contributed by atoms with van der Waals surface area (Å²) in [5.41, 5.74) is 3.46. The number of hydrogen-bond donors (Lipinski definition) is 0. The van der Waals surface area contributed by atoms with Crippen LogP contribution in [-0.2, 0) is 9.57 Å². The molecule has 2 aliphatic heterocycles. The van der Waals surface area contributed by atoms with Gasteiger partial charge < -0.3 is 4.74 Å². The lowest BCUT2D eigenvalue weighted by Crippen LogP contribution is -2.45. The lowest BCUT2D eigenvalue weighted by Gasteiger charge is -2.32. The Balaban J connectivity index is 1.72. The molecule has 114 valence electrons. The van der Waals surface area contributed by atoms with Gasteiger partial charge in [0.1, 0.15) is 6.10 Å². The Bertz CT molecular complexity index is 655. The number of aryl methyl sites for hydroxylation is 1. The molecule has 3 atom stereocenters. The van der Waals surface area contributed by atoms with Crippen LogP contribution in [0.3, 0.4) is 0 Å². The lowest BCUT2D eigenvalue weighted by molar-refractivity contribution is 0.0293. The fraction of sp³-hybridized carbons (Fsp3) is 0.368. The third kappa shape index (κ3) is 2.04. The number of nitrogens with zero attached hydrogens (tertiary/aromatic N) is 1. The van der Waals surface area contributed by atoms with Crippen LogP contribution in [0.25, 0.3) is 0 Å². The van der Waals surface area contributed by atoms with Crippen molar-refractivity contribution < 1.29 is 9.57 Å². The van der Waals surface area contributed by atoms with Crippen molar-refractivity contribution in [1.82, 2.24) is 0 Å². The summed E-state index contributed by atoms with van der Waals surface area (Å²) in [4.78, 5) is 6.40. The number of fused-ring (bicyclic) bond motifs is 1. The number of hydrogen-bond acceptors (Lipinski definition) is 3. The Labute approximate surface area is 131 Å². The van der Waals surface area contributed by atoms with Crippen molar-refractivity contribution in [1.29, 1.82) is 0 Å². The second-order valence-corrected chi connectivity index (χ2v) is 6.55. The van der Waals surface area contributed by atoms with Gasteiger partial charge in [0.25, 0.3) is 0 Å². The van der Waals surface area contributed by atoms with E-state index in [1.807, 2.05) is 6.07 Å². The average Bonchev–Trinajstić information content (AvgIpc) is 3.04. The third-order valence-electron chi connectivity index (χ3n) is 4.94. The maximum atomic E-state index is 6.40. The molecule has 4 rings (SSSR count). The van der Waals surface area contributed by atoms with E-state index in [2.05, 4.69) is 67.4 Å². The van der Waals surface area contributed by atoms with Gasteiger partial charge in [0.15, 0.2) is 0 Å². The first-order chi connectivity index (χ1) is 10.7. The highest BCUT2D eigenvalue weighted by atomic mass is 16.7. The largest absolute Gasteiger partial charge is 0.378 e. The molecule has 0 bridgehead atoms. The van der Waals surface area contributed by atoms with Gasteiger partial charge in [-0.05, 0) is 31.5 Å². The average molecular weight is 295 g/mol. The van der Waals surface area contributed by atoms with Crippen LogP contribution in [0, 0.1) is 12.8 Å². The first-order valence-corrected chi connectivity index (χ1v) is 7.85. The van der Waals surface area contributed by atoms with Gasteiger partial charge in [0.2, 0.25) is 0 Å². The molecule has 2 aromatic carbocycles. The molecule has 2 heterocycles. The second-order valence-electron chi connectivity index (χ2n) is 6.55. The fourth-order valence-corrected chi connectivity index (χ4v) is 3.58. The van der Waals surface area contributed by atoms with Crippen LogP contribution in [0.1, 0.15) is 24.2 Å². The van der Waals surface area contributed by atoms with E-state index in [0.29, 0.717) is 12.5 Å². The Morgan fingerprint density at radius 3 is 2.50 bits per heavy atom. The van der Waals surface area contributed by atoms with Crippen LogP contribution in [0.4, 0.5) is 5.69 Å². The summed E-state index contributed by atoms with van der Waals surface area (Å²) >= 11 is 0. The SMILES string of the molecule is Cc1ccc(N2O[C@H](c3ccccc3)[C@H]3COC[C@]32C)cc1. The summed E-state index contributed by atoms with van der Waals surface area (Å²) in [5.74, 6) is 0.344. The smallest absolute Gasteiger partial charge is 0.118 e. The number of hydroxylamine groups is 1. The normalized spacial score (nSPS) is 30.5. The number of rotatable bonds is 2. The number of ether oxygens (including phenoxy) is 1. The van der Waals surface area contributed by atoms with Gasteiger partial charge in [-0.15, -0.1) is 0 Å². The summed E-state index contributed by atoms with van der Waals surface area (Å²) in [5, 5.41) is 2.07. The third-order valence-corrected chi connectivity index (χ3v) is 4.94. The fourth-order valence-electron chi connectivity index (χ4n) is 3.58. The highest BCUT2D eigenvalue weighted by Crippen LogP contribution is 2.50. The van der Waals surface area contributed by atoms with Gasteiger partial charge >= 0.3 is 0 Å². The molecule has 2 fully saturated rings. The predicted octanol–water partition coefficient (Wildman–Crippen LogP) is 3.89. The zero-order valence-electron chi connectivity index (χ0n) is 13.0. The summed E-state index contributed by atoms with van der Waals surface area (Å²) in [7, 11) is 0. The van der Waals surface area contributed by atoms with Crippen molar-refractivity contribution >= 4 is 5.69 Å². The van der Waals surface area contributed by atoms with Crippen molar-refractivity contribution in [3.05, 3.63) is 65.7 Å². The maximum Gasteiger partial charge on any atom is 0.118 e. The van der Waals surface area contributed by atoms with Crippen LogP contribution >= 0.6 is 0 Å². The van der Waals surface area contributed by atoms with Crippen LogP contribution in [0.15, 0.2) is 54.6 Å². The summed E-state index contributed by atoms with van der Waals surface area (Å²) in [6, 6.07) is 19.0. The second kappa shape index (κ2) is 5.11. The molecule has 0 unspecified atom stereocenters. The first kappa shape index (κ1) is 13.8. The molecule has 0 N–H and O–H groups in total. The van der Waals surface area contributed by atoms with Gasteiger partial charge in [-0.2, -0.15) is 0 Å². The Hall–Kier alpha value is -1.84. The molecular formula is C19H21NO2. The molecule has 0 radical (unpaired) electrons. The lowest BCUT2D eigenvalue weighted by atomic mass is 9.83. The van der Waals surface area contributed by atoms with Gasteiger partial charge in [0.05, 0.1) is 24.4 Å². The van der Waals surface area contributed by atoms with E-state index in [4.69, 9.17) is 9.57 Å². The Kier molecular flexibility index (Phi) is 3.21. The molecular weight excluding hydrogens is 274 g/mol. The zero-order chi connectivity index (χ0) is 15.2. The van der Waals surface area contributed by atoms with E-state index in [1.165, 1.54) is 11.1 Å². The molecule has 0 amide bonds. The highest BCUT2D eigenvalue weighted by molar-refractivity contribution is 5.50. The predicted molar refractivity (Wildman–Crippen MR) is 86.6 cm³/mol. The molecule has 2 saturated heterocycles. The molecule has 2 aliphatic rings. The quantitative estimate of drug-likeness (QED) is 0.839. The first-order valence-electron chi connectivity index (χ1n) is 7.85. The minimum atomic E-state index is -0.115. The Morgan fingerprint density at radius 1 is 1.05 bits per heavy atom. The van der Waals surface area contributed by atoms with E-state index < -0.39 is 0 Å². The van der Waals surface area contributed by atoms with E-state index in [-0.39, 0.29) is 11.6 Å². The van der Waals surface area contributed by atoms with E-state index in [9.17, 15) is 0 Å². The molecule has 0 saturated carbocycles. The van der Waals surface area contributed by atoms with Crippen molar-refractivity contribution in [2.75, 3.05) is 18.3 Å². The maximum absolute atomic E-state index is 6.40. The van der Waals surface area contributed by atoms with E-state index >= 15 is 0 Å². The van der Waals surface area contributed by atoms with E-state index in [1.54, 1.807) is 0 Å². The van der Waals surface area contributed by atoms with Gasteiger partial charge in [-0.1, -0.05) is 48.0 Å². The summed E-state index contributed by atoms with van der Waals surface area (Å²) in [6.45, 7) is 5.80. The van der Waals surface area contributed by atoms with Crippen molar-refractivity contribution in [3.8, 4) is 0 Å². The zero-order valence-corrected chi connectivity index (χ0v) is 13.0. The Morgan fingerprint density at radius 2 is 1.77 bits per heavy atom. The van der Waals surface area contributed by atoms with Crippen LogP contribution < -0.4 is 5.06 Å². The number of benzene rings is 2. The topological polar surface area (TPSA) is 21.7 Å². The molecule has 3 heteroatoms. The minimum Gasteiger partial charge on any atom is -0.378 e. The van der Waals surface area contributed by atoms with Crippen LogP contribution in [0.5, 0.6) is 0 Å².